The Labute approximate surface area is 222 Å². The van der Waals surface area contributed by atoms with Gasteiger partial charge in [0.05, 0.1) is 24.4 Å². The van der Waals surface area contributed by atoms with E-state index in [0.717, 1.165) is 24.0 Å². The molecule has 0 saturated heterocycles. The average molecular weight is 541 g/mol. The van der Waals surface area contributed by atoms with Crippen molar-refractivity contribution in [2.45, 2.75) is 65.0 Å². The second-order valence-corrected chi connectivity index (χ2v) is 9.65. The van der Waals surface area contributed by atoms with Gasteiger partial charge in [-0.2, -0.15) is 0 Å². The first-order valence-corrected chi connectivity index (χ1v) is 12.8. The van der Waals surface area contributed by atoms with E-state index in [2.05, 4.69) is 0 Å². The molecule has 196 valence electrons. The van der Waals surface area contributed by atoms with Crippen molar-refractivity contribution in [3.63, 3.8) is 0 Å². The Morgan fingerprint density at radius 2 is 1.14 bits per heavy atom. The van der Waals surface area contributed by atoms with Gasteiger partial charge in [-0.15, -0.1) is 0 Å². The number of hydrogen-bond acceptors (Lipinski definition) is 8. The summed E-state index contributed by atoms with van der Waals surface area (Å²) in [6, 6.07) is 6.83. The zero-order chi connectivity index (χ0) is 26.6. The molecule has 0 spiro atoms. The van der Waals surface area contributed by atoms with Gasteiger partial charge < -0.3 is 39.0 Å². The minimum atomic E-state index is -1.02. The standard InChI is InChI=1S/2C12H16BClO4/c2*1-3-9-11-8(14)4-5-10(17-6-7(2)15)12(11)13(16)18-9/h2*4-5,7,9,15-16H,3,6H2,1-2H3/t7?,9-;/m1./s1. The Bertz CT molecular complexity index is 958. The Morgan fingerprint density at radius 3 is 1.44 bits per heavy atom. The molecule has 0 bridgehead atoms. The lowest BCUT2D eigenvalue weighted by atomic mass is 9.78. The first-order valence-electron chi connectivity index (χ1n) is 12.0. The molecule has 2 aromatic carbocycles. The molecule has 4 rings (SSSR count). The zero-order valence-corrected chi connectivity index (χ0v) is 22.3. The number of aliphatic hydroxyl groups excluding tert-OH is 2. The second-order valence-electron chi connectivity index (χ2n) is 8.84. The zero-order valence-electron chi connectivity index (χ0n) is 20.8. The number of rotatable bonds is 8. The van der Waals surface area contributed by atoms with Gasteiger partial charge in [-0.25, -0.2) is 0 Å². The molecule has 2 aromatic rings. The van der Waals surface area contributed by atoms with E-state index in [9.17, 15) is 20.3 Å². The molecule has 4 N–H and O–H groups in total. The Balaban J connectivity index is 0.000000201. The molecular weight excluding hydrogens is 509 g/mol. The number of benzene rings is 2. The van der Waals surface area contributed by atoms with Crippen LogP contribution in [0.4, 0.5) is 0 Å². The molecule has 4 atom stereocenters. The van der Waals surface area contributed by atoms with E-state index in [0.29, 0.717) is 32.5 Å². The lowest BCUT2D eigenvalue weighted by Gasteiger charge is -2.14. The van der Waals surface area contributed by atoms with Crippen LogP contribution in [-0.4, -0.2) is 59.9 Å². The highest BCUT2D eigenvalue weighted by atomic mass is 35.5. The molecule has 36 heavy (non-hydrogen) atoms. The van der Waals surface area contributed by atoms with Gasteiger partial charge in [0.25, 0.3) is 0 Å². The summed E-state index contributed by atoms with van der Waals surface area (Å²) in [5.41, 5.74) is 2.73. The van der Waals surface area contributed by atoms with Crippen molar-refractivity contribution in [3.8, 4) is 11.5 Å². The third-order valence-corrected chi connectivity index (χ3v) is 6.47. The lowest BCUT2D eigenvalue weighted by Crippen LogP contribution is -2.31. The molecule has 12 heteroatoms. The largest absolute Gasteiger partial charge is 0.495 e. The van der Waals surface area contributed by atoms with E-state index >= 15 is 0 Å². The molecule has 0 saturated carbocycles. The van der Waals surface area contributed by atoms with E-state index in [-0.39, 0.29) is 25.4 Å². The summed E-state index contributed by atoms with van der Waals surface area (Å²) in [5.74, 6) is 1.03. The van der Waals surface area contributed by atoms with Crippen LogP contribution in [0.2, 0.25) is 10.0 Å². The maximum atomic E-state index is 9.93. The quantitative estimate of drug-likeness (QED) is 0.377. The van der Waals surface area contributed by atoms with Gasteiger partial charge in [-0.1, -0.05) is 37.0 Å². The Kier molecular flexibility index (Phi) is 10.4. The first kappa shape index (κ1) is 29.1. The van der Waals surface area contributed by atoms with Crippen molar-refractivity contribution >= 4 is 48.4 Å². The van der Waals surface area contributed by atoms with Crippen LogP contribution in [0.3, 0.4) is 0 Å². The second kappa shape index (κ2) is 12.8. The van der Waals surface area contributed by atoms with Gasteiger partial charge in [-0.3, -0.25) is 0 Å². The minimum Gasteiger partial charge on any atom is -0.491 e. The third-order valence-electron chi connectivity index (χ3n) is 5.81. The monoisotopic (exact) mass is 540 g/mol. The fourth-order valence-electron chi connectivity index (χ4n) is 4.20. The third kappa shape index (κ3) is 6.49. The highest BCUT2D eigenvalue weighted by Gasteiger charge is 2.40. The number of halogens is 2. The van der Waals surface area contributed by atoms with Crippen molar-refractivity contribution in [3.05, 3.63) is 45.4 Å². The van der Waals surface area contributed by atoms with Crippen LogP contribution in [0.1, 0.15) is 63.9 Å². The van der Waals surface area contributed by atoms with Crippen LogP contribution in [0, 0.1) is 0 Å². The summed E-state index contributed by atoms with van der Waals surface area (Å²) in [7, 11) is -2.04. The van der Waals surface area contributed by atoms with Crippen LogP contribution >= 0.6 is 23.2 Å². The molecule has 0 aromatic heterocycles. The van der Waals surface area contributed by atoms with E-state index in [1.807, 2.05) is 13.8 Å². The molecule has 0 amide bonds. The molecule has 2 heterocycles. The first-order chi connectivity index (χ1) is 17.1. The summed E-state index contributed by atoms with van der Waals surface area (Å²) < 4.78 is 21.8. The Hall–Kier alpha value is -1.49. The van der Waals surface area contributed by atoms with Crippen molar-refractivity contribution in [1.29, 1.82) is 0 Å². The van der Waals surface area contributed by atoms with Gasteiger partial charge >= 0.3 is 14.2 Å². The van der Waals surface area contributed by atoms with Crippen molar-refractivity contribution < 1.29 is 39.0 Å². The normalized spacial score (nSPS) is 19.8. The molecule has 0 aliphatic carbocycles. The summed E-state index contributed by atoms with van der Waals surface area (Å²) in [6.07, 6.45) is -0.112. The van der Waals surface area contributed by atoms with E-state index in [1.165, 1.54) is 0 Å². The molecule has 0 fully saturated rings. The summed E-state index contributed by atoms with van der Waals surface area (Å²) >= 11 is 12.3. The molecular formula is C24H32B2Cl2O8. The predicted molar refractivity (Wildman–Crippen MR) is 141 cm³/mol. The molecule has 8 nitrogen and oxygen atoms in total. The van der Waals surface area contributed by atoms with Gasteiger partial charge in [0.15, 0.2) is 0 Å². The summed E-state index contributed by atoms with van der Waals surface area (Å²) in [4.78, 5) is 0. The van der Waals surface area contributed by atoms with Gasteiger partial charge in [-0.05, 0) is 51.0 Å². The molecule has 2 aliphatic heterocycles. The number of fused-ring (bicyclic) bond motifs is 2. The highest BCUT2D eigenvalue weighted by molar-refractivity contribution is 6.64. The van der Waals surface area contributed by atoms with Crippen LogP contribution in [0.5, 0.6) is 11.5 Å². The van der Waals surface area contributed by atoms with Gasteiger partial charge in [0.1, 0.15) is 24.7 Å². The maximum absolute atomic E-state index is 9.93. The van der Waals surface area contributed by atoms with Crippen LogP contribution in [0.25, 0.3) is 0 Å². The van der Waals surface area contributed by atoms with E-state index < -0.39 is 26.4 Å². The minimum absolute atomic E-state index is 0.164. The Morgan fingerprint density at radius 1 is 0.778 bits per heavy atom. The average Bonchev–Trinajstić information content (AvgIpc) is 3.36. The molecule has 0 radical (unpaired) electrons. The van der Waals surface area contributed by atoms with Crippen molar-refractivity contribution in [2.24, 2.45) is 0 Å². The van der Waals surface area contributed by atoms with Crippen molar-refractivity contribution in [1.82, 2.24) is 0 Å². The topological polar surface area (TPSA) is 118 Å². The number of hydrogen-bond donors (Lipinski definition) is 4. The molecule has 2 aliphatic rings. The van der Waals surface area contributed by atoms with Crippen LogP contribution in [-0.2, 0) is 9.31 Å². The number of ether oxygens (including phenoxy) is 2. The van der Waals surface area contributed by atoms with Crippen LogP contribution in [0.15, 0.2) is 24.3 Å². The highest BCUT2D eigenvalue weighted by Crippen LogP contribution is 2.36. The summed E-state index contributed by atoms with van der Waals surface area (Å²) in [6.45, 7) is 7.53. The smallest absolute Gasteiger partial charge is 0.491 e. The fraction of sp³-hybridized carbons (Fsp3) is 0.500. The van der Waals surface area contributed by atoms with Gasteiger partial charge in [0.2, 0.25) is 0 Å². The lowest BCUT2D eigenvalue weighted by molar-refractivity contribution is 0.123. The maximum Gasteiger partial charge on any atom is 0.495 e. The van der Waals surface area contributed by atoms with E-state index in [1.54, 1.807) is 38.1 Å². The predicted octanol–water partition coefficient (Wildman–Crippen LogP) is 2.54. The van der Waals surface area contributed by atoms with E-state index in [4.69, 9.17) is 42.0 Å². The molecule has 3 unspecified atom stereocenters. The fourth-order valence-corrected chi connectivity index (χ4v) is 4.77. The van der Waals surface area contributed by atoms with Crippen molar-refractivity contribution in [2.75, 3.05) is 13.2 Å². The van der Waals surface area contributed by atoms with Crippen LogP contribution < -0.4 is 20.4 Å². The summed E-state index contributed by atoms with van der Waals surface area (Å²) in [5, 5.41) is 39.5. The SMILES string of the molecule is CCC1OB(O)c2c(OCC(C)O)ccc(Cl)c21.CC[C@H]1OB(O)c2c(OCC(C)O)ccc(Cl)c21. The number of aliphatic hydroxyl groups is 2. The van der Waals surface area contributed by atoms with Gasteiger partial charge in [0, 0.05) is 32.1 Å².